The molecule has 4 rings (SSSR count). The fourth-order valence-corrected chi connectivity index (χ4v) is 3.36. The number of imidazole rings is 1. The molecule has 1 saturated heterocycles. The molecular formula is C20H19ClN4O3. The van der Waals surface area contributed by atoms with Crippen LogP contribution in [0.1, 0.15) is 26.7 Å². The van der Waals surface area contributed by atoms with E-state index in [2.05, 4.69) is 10.3 Å². The second-order valence-corrected chi connectivity index (χ2v) is 6.92. The van der Waals surface area contributed by atoms with Gasteiger partial charge in [-0.2, -0.15) is 0 Å². The molecule has 1 N–H and O–H groups in total. The molecule has 1 aliphatic heterocycles. The smallest absolute Gasteiger partial charge is 0.290 e. The van der Waals surface area contributed by atoms with Gasteiger partial charge in [-0.25, -0.2) is 4.98 Å². The number of pyridine rings is 1. The van der Waals surface area contributed by atoms with Crippen molar-refractivity contribution >= 4 is 34.6 Å². The topological polar surface area (TPSA) is 75.9 Å². The molecule has 1 aliphatic rings. The van der Waals surface area contributed by atoms with Crippen molar-refractivity contribution in [2.45, 2.75) is 6.92 Å². The van der Waals surface area contributed by atoms with Crippen LogP contribution >= 0.6 is 11.6 Å². The Morgan fingerprint density at radius 3 is 2.71 bits per heavy atom. The third-order valence-electron chi connectivity index (χ3n) is 4.77. The molecule has 0 spiro atoms. The molecule has 0 radical (unpaired) electrons. The number of aromatic nitrogens is 2. The zero-order valence-electron chi connectivity index (χ0n) is 15.3. The molecule has 2 aromatic heterocycles. The third-order valence-corrected chi connectivity index (χ3v) is 5.18. The van der Waals surface area contributed by atoms with Crippen molar-refractivity contribution in [1.82, 2.24) is 14.3 Å². The lowest BCUT2D eigenvalue weighted by Crippen LogP contribution is -2.41. The first kappa shape index (κ1) is 18.5. The van der Waals surface area contributed by atoms with Gasteiger partial charge < -0.3 is 15.0 Å². The van der Waals surface area contributed by atoms with Crippen molar-refractivity contribution in [2.75, 3.05) is 31.6 Å². The quantitative estimate of drug-likeness (QED) is 0.735. The molecule has 3 aromatic rings. The average molecular weight is 399 g/mol. The van der Waals surface area contributed by atoms with Gasteiger partial charge in [-0.05, 0) is 36.8 Å². The van der Waals surface area contributed by atoms with Gasteiger partial charge >= 0.3 is 0 Å². The van der Waals surface area contributed by atoms with Crippen LogP contribution in [-0.4, -0.2) is 52.4 Å². The zero-order chi connectivity index (χ0) is 19.7. The number of hydrogen-bond donors (Lipinski definition) is 1. The zero-order valence-corrected chi connectivity index (χ0v) is 16.1. The van der Waals surface area contributed by atoms with Crippen LogP contribution in [-0.2, 0) is 4.74 Å². The SMILES string of the molecule is Cc1c(Cl)cccc1NC(=O)c1nc(C(=O)N2CCOCC2)n2ccccc12. The number of hydrogen-bond acceptors (Lipinski definition) is 4. The van der Waals surface area contributed by atoms with Crippen LogP contribution in [0.4, 0.5) is 5.69 Å². The van der Waals surface area contributed by atoms with Gasteiger partial charge in [-0.3, -0.25) is 14.0 Å². The number of nitrogens with one attached hydrogen (secondary N) is 1. The normalized spacial score (nSPS) is 14.3. The number of fused-ring (bicyclic) bond motifs is 1. The molecule has 2 amide bonds. The number of carbonyl (C=O) groups excluding carboxylic acids is 2. The lowest BCUT2D eigenvalue weighted by Gasteiger charge is -2.26. The molecule has 144 valence electrons. The van der Waals surface area contributed by atoms with Crippen molar-refractivity contribution < 1.29 is 14.3 Å². The second kappa shape index (κ2) is 7.61. The number of carbonyl (C=O) groups is 2. The molecule has 0 unspecified atom stereocenters. The Balaban J connectivity index is 1.70. The molecule has 1 fully saturated rings. The monoisotopic (exact) mass is 398 g/mol. The number of amides is 2. The number of morpholine rings is 1. The molecule has 0 atom stereocenters. The van der Waals surface area contributed by atoms with Crippen LogP contribution in [0, 0.1) is 6.92 Å². The number of ether oxygens (including phenoxy) is 1. The van der Waals surface area contributed by atoms with Crippen molar-refractivity contribution in [3.05, 3.63) is 64.7 Å². The van der Waals surface area contributed by atoms with Crippen molar-refractivity contribution in [1.29, 1.82) is 0 Å². The number of halogens is 1. The molecule has 7 nitrogen and oxygen atoms in total. The first-order valence-electron chi connectivity index (χ1n) is 8.97. The Hall–Kier alpha value is -2.90. The summed E-state index contributed by atoms with van der Waals surface area (Å²) >= 11 is 6.14. The Morgan fingerprint density at radius 2 is 1.93 bits per heavy atom. The Labute approximate surface area is 166 Å². The lowest BCUT2D eigenvalue weighted by molar-refractivity contribution is 0.0294. The van der Waals surface area contributed by atoms with E-state index in [-0.39, 0.29) is 17.4 Å². The fourth-order valence-electron chi connectivity index (χ4n) is 3.19. The van der Waals surface area contributed by atoms with Gasteiger partial charge in [0.05, 0.1) is 18.7 Å². The highest BCUT2D eigenvalue weighted by atomic mass is 35.5. The van der Waals surface area contributed by atoms with E-state index < -0.39 is 5.91 Å². The van der Waals surface area contributed by atoms with Gasteiger partial charge in [-0.15, -0.1) is 0 Å². The lowest BCUT2D eigenvalue weighted by atomic mass is 10.2. The van der Waals surface area contributed by atoms with Crippen molar-refractivity contribution in [3.8, 4) is 0 Å². The number of anilines is 1. The summed E-state index contributed by atoms with van der Waals surface area (Å²) in [5.41, 5.74) is 2.13. The van der Waals surface area contributed by atoms with Gasteiger partial charge in [-0.1, -0.05) is 23.7 Å². The molecule has 0 aliphatic carbocycles. The Bertz CT molecular complexity index is 1060. The minimum Gasteiger partial charge on any atom is -0.378 e. The summed E-state index contributed by atoms with van der Waals surface area (Å²) in [5.74, 6) is -0.400. The molecule has 8 heteroatoms. The van der Waals surface area contributed by atoms with E-state index >= 15 is 0 Å². The Kier molecular flexibility index (Phi) is 5.02. The maximum Gasteiger partial charge on any atom is 0.290 e. The summed E-state index contributed by atoms with van der Waals surface area (Å²) in [6.07, 6.45) is 1.73. The van der Waals surface area contributed by atoms with Crippen LogP contribution in [0.3, 0.4) is 0 Å². The molecule has 3 heterocycles. The molecule has 0 bridgehead atoms. The van der Waals surface area contributed by atoms with Gasteiger partial charge in [0.2, 0.25) is 5.82 Å². The van der Waals surface area contributed by atoms with Crippen LogP contribution in [0.15, 0.2) is 42.6 Å². The summed E-state index contributed by atoms with van der Waals surface area (Å²) in [4.78, 5) is 32.0. The van der Waals surface area contributed by atoms with E-state index in [1.54, 1.807) is 51.9 Å². The van der Waals surface area contributed by atoms with E-state index in [4.69, 9.17) is 16.3 Å². The van der Waals surface area contributed by atoms with E-state index in [9.17, 15) is 9.59 Å². The summed E-state index contributed by atoms with van der Waals surface area (Å²) < 4.78 is 6.96. The number of nitrogens with zero attached hydrogens (tertiary/aromatic N) is 3. The summed E-state index contributed by atoms with van der Waals surface area (Å²) in [6, 6.07) is 10.7. The summed E-state index contributed by atoms with van der Waals surface area (Å²) in [7, 11) is 0. The maximum atomic E-state index is 12.9. The first-order valence-corrected chi connectivity index (χ1v) is 9.34. The van der Waals surface area contributed by atoms with Crippen molar-refractivity contribution in [2.24, 2.45) is 0 Å². The standard InChI is InChI=1S/C20H19ClN4O3/c1-13-14(21)5-4-6-15(13)22-19(26)17-16-7-2-3-8-25(16)18(23-17)20(27)24-9-11-28-12-10-24/h2-8H,9-12H2,1H3,(H,22,26). The van der Waals surface area contributed by atoms with Crippen LogP contribution in [0.25, 0.3) is 5.52 Å². The number of benzene rings is 1. The van der Waals surface area contributed by atoms with Gasteiger partial charge in [0, 0.05) is 30.0 Å². The Morgan fingerprint density at radius 1 is 1.14 bits per heavy atom. The highest BCUT2D eigenvalue weighted by Gasteiger charge is 2.26. The maximum absolute atomic E-state index is 12.9. The van der Waals surface area contributed by atoms with Crippen LogP contribution in [0.2, 0.25) is 5.02 Å². The molecule has 1 aromatic carbocycles. The molecule has 28 heavy (non-hydrogen) atoms. The summed E-state index contributed by atoms with van der Waals surface area (Å²) in [6.45, 7) is 3.83. The summed E-state index contributed by atoms with van der Waals surface area (Å²) in [5, 5.41) is 3.41. The predicted molar refractivity (Wildman–Crippen MR) is 106 cm³/mol. The largest absolute Gasteiger partial charge is 0.378 e. The highest BCUT2D eigenvalue weighted by molar-refractivity contribution is 6.31. The van der Waals surface area contributed by atoms with Gasteiger partial charge in [0.15, 0.2) is 5.69 Å². The minimum absolute atomic E-state index is 0.191. The van der Waals surface area contributed by atoms with Crippen molar-refractivity contribution in [3.63, 3.8) is 0 Å². The molecule has 0 saturated carbocycles. The van der Waals surface area contributed by atoms with E-state index in [1.807, 2.05) is 6.92 Å². The number of rotatable bonds is 3. The molecular weight excluding hydrogens is 380 g/mol. The van der Waals surface area contributed by atoms with Gasteiger partial charge in [0.1, 0.15) is 0 Å². The minimum atomic E-state index is -0.393. The predicted octanol–water partition coefficient (Wildman–Crippen LogP) is 3.02. The van der Waals surface area contributed by atoms with E-state index in [0.29, 0.717) is 42.5 Å². The van der Waals surface area contributed by atoms with Crippen LogP contribution < -0.4 is 5.32 Å². The van der Waals surface area contributed by atoms with E-state index in [0.717, 1.165) is 5.56 Å². The third kappa shape index (κ3) is 3.34. The second-order valence-electron chi connectivity index (χ2n) is 6.51. The fraction of sp³-hybridized carbons (Fsp3) is 0.250. The van der Waals surface area contributed by atoms with Crippen LogP contribution in [0.5, 0.6) is 0 Å². The van der Waals surface area contributed by atoms with E-state index in [1.165, 1.54) is 0 Å². The first-order chi connectivity index (χ1) is 13.6. The average Bonchev–Trinajstić information content (AvgIpc) is 3.11. The van der Waals surface area contributed by atoms with Gasteiger partial charge in [0.25, 0.3) is 11.8 Å². The highest BCUT2D eigenvalue weighted by Crippen LogP contribution is 2.24.